The van der Waals surface area contributed by atoms with Crippen LogP contribution in [0.25, 0.3) is 0 Å². The minimum Gasteiger partial charge on any atom is -0.497 e. The molecule has 0 saturated carbocycles. The van der Waals surface area contributed by atoms with Crippen LogP contribution in [-0.2, 0) is 25.7 Å². The van der Waals surface area contributed by atoms with Crippen molar-refractivity contribution in [1.29, 1.82) is 0 Å². The molecule has 204 valence electrons. The number of benzene rings is 4. The van der Waals surface area contributed by atoms with E-state index in [1.807, 2.05) is 54.6 Å². The van der Waals surface area contributed by atoms with Crippen molar-refractivity contribution in [2.45, 2.75) is 25.7 Å². The van der Waals surface area contributed by atoms with Gasteiger partial charge in [0.2, 0.25) is 0 Å². The molecule has 0 aromatic heterocycles. The van der Waals surface area contributed by atoms with Gasteiger partial charge in [0.1, 0.15) is 17.2 Å². The normalized spacial score (nSPS) is 10.6. The quantitative estimate of drug-likeness (QED) is 0.185. The van der Waals surface area contributed by atoms with Gasteiger partial charge in [0.25, 0.3) is 0 Å². The van der Waals surface area contributed by atoms with E-state index in [1.165, 1.54) is 5.56 Å². The molecule has 4 rings (SSSR count). The monoisotopic (exact) mass is 528 g/mol. The Morgan fingerprint density at radius 3 is 1.49 bits per heavy atom. The SMILES string of the molecule is COc1cccc(CCc2ccc(OC)c(Oc3ccc(CCc4cc(OC)cc(OC)c4)cc3OC)c2)c1. The van der Waals surface area contributed by atoms with E-state index < -0.39 is 0 Å². The topological polar surface area (TPSA) is 55.4 Å². The van der Waals surface area contributed by atoms with Gasteiger partial charge in [-0.3, -0.25) is 0 Å². The van der Waals surface area contributed by atoms with Crippen molar-refractivity contribution in [2.24, 2.45) is 0 Å². The van der Waals surface area contributed by atoms with E-state index in [4.69, 9.17) is 28.4 Å². The summed E-state index contributed by atoms with van der Waals surface area (Å²) >= 11 is 0. The summed E-state index contributed by atoms with van der Waals surface area (Å²) < 4.78 is 33.8. The molecule has 0 aliphatic carbocycles. The van der Waals surface area contributed by atoms with Crippen LogP contribution in [-0.4, -0.2) is 35.5 Å². The lowest BCUT2D eigenvalue weighted by molar-refractivity contribution is 0.356. The van der Waals surface area contributed by atoms with E-state index in [-0.39, 0.29) is 0 Å². The summed E-state index contributed by atoms with van der Waals surface area (Å²) in [5.74, 6) is 5.04. The molecule has 0 unspecified atom stereocenters. The summed E-state index contributed by atoms with van der Waals surface area (Å²) in [4.78, 5) is 0. The molecule has 4 aromatic carbocycles. The van der Waals surface area contributed by atoms with Gasteiger partial charge in [-0.15, -0.1) is 0 Å². The molecule has 6 heteroatoms. The zero-order valence-electron chi connectivity index (χ0n) is 23.3. The molecule has 0 aliphatic heterocycles. The van der Waals surface area contributed by atoms with Gasteiger partial charge in [0.15, 0.2) is 23.0 Å². The molecule has 0 N–H and O–H groups in total. The Labute approximate surface area is 231 Å². The third-order valence-electron chi connectivity index (χ3n) is 6.63. The summed E-state index contributed by atoms with van der Waals surface area (Å²) in [6.45, 7) is 0. The Balaban J connectivity index is 1.47. The largest absolute Gasteiger partial charge is 0.497 e. The second kappa shape index (κ2) is 13.5. The van der Waals surface area contributed by atoms with Crippen molar-refractivity contribution in [3.63, 3.8) is 0 Å². The number of methoxy groups -OCH3 is 5. The molecule has 0 heterocycles. The van der Waals surface area contributed by atoms with Gasteiger partial charge in [-0.1, -0.05) is 24.3 Å². The van der Waals surface area contributed by atoms with Gasteiger partial charge in [-0.05, 0) is 96.5 Å². The van der Waals surface area contributed by atoms with E-state index in [9.17, 15) is 0 Å². The van der Waals surface area contributed by atoms with Gasteiger partial charge in [-0.2, -0.15) is 0 Å². The Morgan fingerprint density at radius 1 is 0.385 bits per heavy atom. The highest BCUT2D eigenvalue weighted by Crippen LogP contribution is 2.38. The molecular weight excluding hydrogens is 492 g/mol. The average molecular weight is 529 g/mol. The number of hydrogen-bond donors (Lipinski definition) is 0. The molecular formula is C33H36O6. The zero-order chi connectivity index (χ0) is 27.6. The van der Waals surface area contributed by atoms with Crippen LogP contribution in [0.1, 0.15) is 22.3 Å². The Hall–Kier alpha value is -4.32. The Bertz CT molecular complexity index is 1360. The van der Waals surface area contributed by atoms with E-state index in [0.717, 1.165) is 59.6 Å². The van der Waals surface area contributed by atoms with Crippen LogP contribution in [0.2, 0.25) is 0 Å². The lowest BCUT2D eigenvalue weighted by Crippen LogP contribution is -1.98. The smallest absolute Gasteiger partial charge is 0.169 e. The van der Waals surface area contributed by atoms with Crippen LogP contribution in [0.15, 0.2) is 78.9 Å². The third-order valence-corrected chi connectivity index (χ3v) is 6.63. The van der Waals surface area contributed by atoms with Crippen LogP contribution >= 0.6 is 0 Å². The zero-order valence-corrected chi connectivity index (χ0v) is 23.3. The Morgan fingerprint density at radius 2 is 0.897 bits per heavy atom. The first-order valence-electron chi connectivity index (χ1n) is 12.9. The number of rotatable bonds is 13. The van der Waals surface area contributed by atoms with Crippen molar-refractivity contribution in [3.8, 4) is 40.2 Å². The van der Waals surface area contributed by atoms with E-state index in [1.54, 1.807) is 35.5 Å². The van der Waals surface area contributed by atoms with Crippen LogP contribution in [0.3, 0.4) is 0 Å². The molecule has 4 aromatic rings. The predicted octanol–water partition coefficient (Wildman–Crippen LogP) is 7.09. The number of ether oxygens (including phenoxy) is 6. The average Bonchev–Trinajstić information content (AvgIpc) is 2.99. The van der Waals surface area contributed by atoms with Gasteiger partial charge in [0, 0.05) is 6.07 Å². The van der Waals surface area contributed by atoms with Crippen LogP contribution in [0, 0.1) is 0 Å². The molecule has 0 aliphatic rings. The highest BCUT2D eigenvalue weighted by Gasteiger charge is 2.13. The van der Waals surface area contributed by atoms with Crippen LogP contribution < -0.4 is 28.4 Å². The second-order valence-electron chi connectivity index (χ2n) is 9.14. The van der Waals surface area contributed by atoms with Gasteiger partial charge in [0.05, 0.1) is 35.5 Å². The lowest BCUT2D eigenvalue weighted by atomic mass is 10.0. The molecule has 0 atom stereocenters. The molecule has 0 saturated heterocycles. The minimum absolute atomic E-state index is 0.632. The van der Waals surface area contributed by atoms with Gasteiger partial charge >= 0.3 is 0 Å². The second-order valence-corrected chi connectivity index (χ2v) is 9.14. The highest BCUT2D eigenvalue weighted by atomic mass is 16.5. The first-order valence-corrected chi connectivity index (χ1v) is 12.9. The summed E-state index contributed by atoms with van der Waals surface area (Å²) in [7, 11) is 8.30. The minimum atomic E-state index is 0.632. The fourth-order valence-corrected chi connectivity index (χ4v) is 4.44. The van der Waals surface area contributed by atoms with Crippen molar-refractivity contribution in [3.05, 3.63) is 101 Å². The molecule has 39 heavy (non-hydrogen) atoms. The van der Waals surface area contributed by atoms with E-state index in [2.05, 4.69) is 24.3 Å². The highest BCUT2D eigenvalue weighted by molar-refractivity contribution is 5.50. The maximum atomic E-state index is 6.33. The number of aryl methyl sites for hydroxylation is 4. The summed E-state index contributed by atoms with van der Waals surface area (Å²) in [5.41, 5.74) is 4.65. The van der Waals surface area contributed by atoms with E-state index >= 15 is 0 Å². The van der Waals surface area contributed by atoms with Crippen molar-refractivity contribution < 1.29 is 28.4 Å². The van der Waals surface area contributed by atoms with Crippen molar-refractivity contribution in [1.82, 2.24) is 0 Å². The summed E-state index contributed by atoms with van der Waals surface area (Å²) in [6, 6.07) is 26.2. The molecule has 6 nitrogen and oxygen atoms in total. The summed E-state index contributed by atoms with van der Waals surface area (Å²) in [6.07, 6.45) is 3.41. The fraction of sp³-hybridized carbons (Fsp3) is 0.273. The predicted molar refractivity (Wildman–Crippen MR) is 153 cm³/mol. The van der Waals surface area contributed by atoms with Crippen LogP contribution in [0.4, 0.5) is 0 Å². The van der Waals surface area contributed by atoms with Crippen molar-refractivity contribution >= 4 is 0 Å². The van der Waals surface area contributed by atoms with Gasteiger partial charge in [-0.25, -0.2) is 0 Å². The molecule has 0 bridgehead atoms. The van der Waals surface area contributed by atoms with Crippen molar-refractivity contribution in [2.75, 3.05) is 35.5 Å². The van der Waals surface area contributed by atoms with Gasteiger partial charge < -0.3 is 28.4 Å². The lowest BCUT2D eigenvalue weighted by Gasteiger charge is -2.15. The fourth-order valence-electron chi connectivity index (χ4n) is 4.44. The maximum Gasteiger partial charge on any atom is 0.169 e. The molecule has 0 spiro atoms. The maximum absolute atomic E-state index is 6.33. The Kier molecular flexibility index (Phi) is 9.57. The molecule has 0 amide bonds. The summed E-state index contributed by atoms with van der Waals surface area (Å²) in [5, 5.41) is 0. The standard InChI is InChI=1S/C33H36O6/c1-34-27-8-6-7-23(17-27)9-10-25-13-15-30(37-4)33(21-25)39-31-16-14-24(20-32(31)38-5)11-12-26-18-28(35-2)22-29(19-26)36-3/h6-8,13-22H,9-12H2,1-5H3. The molecule has 0 fully saturated rings. The molecule has 0 radical (unpaired) electrons. The third kappa shape index (κ3) is 7.38. The first kappa shape index (κ1) is 27.7. The van der Waals surface area contributed by atoms with E-state index in [0.29, 0.717) is 23.0 Å². The van der Waals surface area contributed by atoms with Crippen LogP contribution in [0.5, 0.6) is 40.2 Å². The first-order chi connectivity index (χ1) is 19.0. The number of hydrogen-bond acceptors (Lipinski definition) is 6.